The summed E-state index contributed by atoms with van der Waals surface area (Å²) in [6, 6.07) is 71.9. The topological polar surface area (TPSA) is 6.48 Å². The quantitative estimate of drug-likeness (QED) is 0.143. The second-order valence-electron chi connectivity index (χ2n) is 15.8. The molecule has 0 N–H and O–H groups in total. The highest BCUT2D eigenvalue weighted by Crippen LogP contribution is 2.51. The molecule has 0 aromatic heterocycles. The molecule has 58 heavy (non-hydrogen) atoms. The SMILES string of the molecule is Cc1ccc(N(c2ccc(C)cc2)c2cc3cc(-c4ccccc4)cc4c(N(c5ccc(C)cc5)c5ccc(C)cc5)cc5cc(-c6ccccc6)cc2c5c34)cc1. The van der Waals surface area contributed by atoms with Crippen molar-refractivity contribution < 1.29 is 0 Å². The highest BCUT2D eigenvalue weighted by molar-refractivity contribution is 6.31. The first-order valence-electron chi connectivity index (χ1n) is 20.2. The number of rotatable bonds is 8. The summed E-state index contributed by atoms with van der Waals surface area (Å²) in [4.78, 5) is 4.90. The first-order chi connectivity index (χ1) is 28.4. The fourth-order valence-electron chi connectivity index (χ4n) is 8.56. The number of anilines is 6. The van der Waals surface area contributed by atoms with Crippen molar-refractivity contribution in [1.82, 2.24) is 0 Å². The Morgan fingerprint density at radius 1 is 0.276 bits per heavy atom. The van der Waals surface area contributed by atoms with Crippen molar-refractivity contribution in [3.63, 3.8) is 0 Å². The number of hydrogen-bond acceptors (Lipinski definition) is 2. The van der Waals surface area contributed by atoms with Gasteiger partial charge in [-0.1, -0.05) is 131 Å². The monoisotopic (exact) mass is 744 g/mol. The van der Waals surface area contributed by atoms with Gasteiger partial charge in [-0.2, -0.15) is 0 Å². The van der Waals surface area contributed by atoms with Crippen LogP contribution in [0.4, 0.5) is 34.1 Å². The van der Waals surface area contributed by atoms with Crippen LogP contribution in [-0.4, -0.2) is 0 Å². The van der Waals surface area contributed by atoms with E-state index in [2.05, 4.69) is 232 Å². The minimum atomic E-state index is 1.12. The number of aryl methyl sites for hydroxylation is 4. The summed E-state index contributed by atoms with van der Waals surface area (Å²) < 4.78 is 0. The molecule has 0 aliphatic rings. The van der Waals surface area contributed by atoms with Crippen molar-refractivity contribution in [3.8, 4) is 22.3 Å². The summed E-state index contributed by atoms with van der Waals surface area (Å²) in [5, 5.41) is 7.37. The average molecular weight is 745 g/mol. The first-order valence-corrected chi connectivity index (χ1v) is 20.2. The molecule has 0 aliphatic heterocycles. The van der Waals surface area contributed by atoms with Gasteiger partial charge in [0.25, 0.3) is 0 Å². The molecule has 0 atom stereocenters. The van der Waals surface area contributed by atoms with Gasteiger partial charge in [-0.25, -0.2) is 0 Å². The summed E-state index contributed by atoms with van der Waals surface area (Å²) in [6.07, 6.45) is 0. The zero-order valence-electron chi connectivity index (χ0n) is 33.4. The third-order valence-corrected chi connectivity index (χ3v) is 11.6. The molecule has 10 aromatic carbocycles. The van der Waals surface area contributed by atoms with Gasteiger partial charge in [0.2, 0.25) is 0 Å². The van der Waals surface area contributed by atoms with Crippen molar-refractivity contribution >= 4 is 66.4 Å². The normalized spacial score (nSPS) is 11.4. The van der Waals surface area contributed by atoms with E-state index in [9.17, 15) is 0 Å². The van der Waals surface area contributed by atoms with E-state index in [1.54, 1.807) is 0 Å². The Bertz CT molecular complexity index is 2740. The Balaban J connectivity index is 1.37. The van der Waals surface area contributed by atoms with E-state index in [4.69, 9.17) is 0 Å². The van der Waals surface area contributed by atoms with Crippen molar-refractivity contribution in [3.05, 3.63) is 216 Å². The third-order valence-electron chi connectivity index (χ3n) is 11.6. The van der Waals surface area contributed by atoms with Crippen LogP contribution in [0.25, 0.3) is 54.6 Å². The molecule has 0 bridgehead atoms. The summed E-state index contributed by atoms with van der Waals surface area (Å²) in [5.41, 5.74) is 16.5. The van der Waals surface area contributed by atoms with E-state index in [1.807, 2.05) is 0 Å². The van der Waals surface area contributed by atoms with Crippen LogP contribution in [-0.2, 0) is 0 Å². The Morgan fingerprint density at radius 2 is 0.569 bits per heavy atom. The van der Waals surface area contributed by atoms with E-state index in [0.717, 1.165) is 34.1 Å². The molecule has 0 heterocycles. The molecule has 0 spiro atoms. The Morgan fingerprint density at radius 3 is 0.862 bits per heavy atom. The lowest BCUT2D eigenvalue weighted by Crippen LogP contribution is -2.12. The van der Waals surface area contributed by atoms with Crippen LogP contribution < -0.4 is 9.80 Å². The number of benzene rings is 10. The minimum absolute atomic E-state index is 1.12. The van der Waals surface area contributed by atoms with Crippen LogP contribution in [0.1, 0.15) is 22.3 Å². The van der Waals surface area contributed by atoms with E-state index in [1.165, 1.54) is 76.8 Å². The van der Waals surface area contributed by atoms with Crippen LogP contribution in [0.3, 0.4) is 0 Å². The van der Waals surface area contributed by atoms with Crippen LogP contribution in [0.15, 0.2) is 194 Å². The van der Waals surface area contributed by atoms with Gasteiger partial charge in [-0.15, -0.1) is 0 Å². The van der Waals surface area contributed by atoms with Crippen LogP contribution >= 0.6 is 0 Å². The zero-order chi connectivity index (χ0) is 39.3. The number of nitrogens with zero attached hydrogens (tertiary/aromatic N) is 2. The molecule has 0 aliphatic carbocycles. The molecule has 10 rings (SSSR count). The largest absolute Gasteiger partial charge is 0.310 e. The zero-order valence-corrected chi connectivity index (χ0v) is 33.4. The van der Waals surface area contributed by atoms with Gasteiger partial charge in [0.15, 0.2) is 0 Å². The molecule has 10 aromatic rings. The Labute approximate surface area is 341 Å². The van der Waals surface area contributed by atoms with Gasteiger partial charge < -0.3 is 9.80 Å². The fraction of sp³-hybridized carbons (Fsp3) is 0.0714. The Kier molecular flexibility index (Phi) is 8.76. The molecule has 0 unspecified atom stereocenters. The predicted molar refractivity (Wildman–Crippen MR) is 249 cm³/mol. The molecule has 2 nitrogen and oxygen atoms in total. The predicted octanol–water partition coefficient (Wildman–Crippen LogP) is 16.1. The van der Waals surface area contributed by atoms with Gasteiger partial charge in [0.1, 0.15) is 0 Å². The van der Waals surface area contributed by atoms with E-state index < -0.39 is 0 Å². The van der Waals surface area contributed by atoms with Crippen LogP contribution in [0.2, 0.25) is 0 Å². The fourth-order valence-corrected chi connectivity index (χ4v) is 8.56. The standard InChI is InChI=1S/C56H44N2/c1-37-15-23-47(24-16-37)57(48-25-17-38(2)18-26-48)53-35-45-31-44(42-13-9-6-10-14-42)34-52-54(58(49-27-19-39(3)20-28-49)50-29-21-40(4)22-30-50)36-46-32-43(41-11-7-5-8-12-41)33-51(53)55(46)56(45)52/h5-36H,1-4H3. The second-order valence-corrected chi connectivity index (χ2v) is 15.8. The maximum Gasteiger partial charge on any atom is 0.0546 e. The lowest BCUT2D eigenvalue weighted by Gasteiger charge is -2.31. The molecule has 2 heteroatoms. The maximum atomic E-state index is 2.45. The summed E-state index contributed by atoms with van der Waals surface area (Å²) >= 11 is 0. The van der Waals surface area contributed by atoms with Crippen molar-refractivity contribution in [1.29, 1.82) is 0 Å². The van der Waals surface area contributed by atoms with Gasteiger partial charge in [-0.3, -0.25) is 0 Å². The first kappa shape index (κ1) is 35.3. The summed E-state index contributed by atoms with van der Waals surface area (Å²) in [7, 11) is 0. The smallest absolute Gasteiger partial charge is 0.0546 e. The van der Waals surface area contributed by atoms with E-state index >= 15 is 0 Å². The lowest BCUT2D eigenvalue weighted by atomic mass is 9.87. The molecule has 0 saturated carbocycles. The number of hydrogen-bond donors (Lipinski definition) is 0. The maximum absolute atomic E-state index is 2.45. The van der Waals surface area contributed by atoms with Gasteiger partial charge in [-0.05, 0) is 156 Å². The molecular weight excluding hydrogens is 701 g/mol. The molecule has 0 saturated heterocycles. The van der Waals surface area contributed by atoms with Crippen LogP contribution in [0.5, 0.6) is 0 Å². The van der Waals surface area contributed by atoms with Crippen molar-refractivity contribution in [2.45, 2.75) is 27.7 Å². The van der Waals surface area contributed by atoms with Crippen molar-refractivity contribution in [2.75, 3.05) is 9.80 Å². The molecular formula is C56H44N2. The van der Waals surface area contributed by atoms with Crippen LogP contribution in [0, 0.1) is 27.7 Å². The molecule has 0 fully saturated rings. The van der Waals surface area contributed by atoms with E-state index in [0.29, 0.717) is 0 Å². The van der Waals surface area contributed by atoms with Gasteiger partial charge in [0, 0.05) is 33.5 Å². The summed E-state index contributed by atoms with van der Waals surface area (Å²) in [6.45, 7) is 8.62. The third kappa shape index (κ3) is 6.33. The summed E-state index contributed by atoms with van der Waals surface area (Å²) in [5.74, 6) is 0. The molecule has 0 radical (unpaired) electrons. The lowest BCUT2D eigenvalue weighted by molar-refractivity contribution is 1.28. The van der Waals surface area contributed by atoms with Gasteiger partial charge >= 0.3 is 0 Å². The highest BCUT2D eigenvalue weighted by Gasteiger charge is 2.25. The van der Waals surface area contributed by atoms with E-state index in [-0.39, 0.29) is 0 Å². The second kappa shape index (κ2) is 14.4. The van der Waals surface area contributed by atoms with Crippen molar-refractivity contribution in [2.24, 2.45) is 0 Å². The van der Waals surface area contributed by atoms with Gasteiger partial charge in [0.05, 0.1) is 11.4 Å². The molecule has 278 valence electrons. The minimum Gasteiger partial charge on any atom is -0.310 e. The average Bonchev–Trinajstić information content (AvgIpc) is 3.26. The highest BCUT2D eigenvalue weighted by atomic mass is 15.2. The Hall–Kier alpha value is -7.16. The molecule has 0 amide bonds.